The predicted molar refractivity (Wildman–Crippen MR) is 96.9 cm³/mol. The van der Waals surface area contributed by atoms with Crippen LogP contribution >= 0.6 is 23.2 Å². The molecule has 2 amide bonds. The van der Waals surface area contributed by atoms with Gasteiger partial charge in [0.1, 0.15) is 6.54 Å². The third-order valence-corrected chi connectivity index (χ3v) is 4.17. The number of nitrogens with zero attached hydrogens (tertiary/aromatic N) is 1. The summed E-state index contributed by atoms with van der Waals surface area (Å²) in [7, 11) is 3.47. The quantitative estimate of drug-likeness (QED) is 0.763. The molecular weight excluding hydrogens is 365 g/mol. The number of quaternary nitrogens is 1. The van der Waals surface area contributed by atoms with Gasteiger partial charge in [0.25, 0.3) is 5.91 Å². The number of hydrogen-bond acceptors (Lipinski definition) is 3. The molecule has 2 N–H and O–H groups in total. The van der Waals surface area contributed by atoms with Crippen LogP contribution in [0.25, 0.3) is 0 Å². The first kappa shape index (κ1) is 19.3. The number of nitrogens with one attached hydrogen (secondary N) is 2. The molecule has 6 nitrogen and oxygen atoms in total. The largest absolute Gasteiger partial charge is 0.463 e. The normalized spacial score (nSPS) is 11.8. The van der Waals surface area contributed by atoms with Gasteiger partial charge in [-0.3, -0.25) is 9.59 Å². The van der Waals surface area contributed by atoms with Crippen LogP contribution in [0.5, 0.6) is 0 Å². The second-order valence-corrected chi connectivity index (χ2v) is 6.60. The lowest BCUT2D eigenvalue weighted by Gasteiger charge is -2.19. The van der Waals surface area contributed by atoms with E-state index in [1.165, 1.54) is 4.90 Å². The molecule has 1 unspecified atom stereocenters. The Morgan fingerprint density at radius 3 is 2.48 bits per heavy atom. The molecule has 0 fully saturated rings. The van der Waals surface area contributed by atoms with Crippen molar-refractivity contribution in [1.82, 2.24) is 4.90 Å². The molecule has 0 spiro atoms. The third kappa shape index (κ3) is 5.77. The molecule has 0 aliphatic rings. The molecule has 1 heterocycles. The Morgan fingerprint density at radius 2 is 1.88 bits per heavy atom. The van der Waals surface area contributed by atoms with Crippen molar-refractivity contribution in [3.8, 4) is 0 Å². The van der Waals surface area contributed by atoms with E-state index in [2.05, 4.69) is 5.32 Å². The number of carbonyl (C=O) groups is 2. The van der Waals surface area contributed by atoms with E-state index < -0.39 is 0 Å². The second-order valence-electron chi connectivity index (χ2n) is 5.78. The maximum Gasteiger partial charge on any atom is 0.277 e. The van der Waals surface area contributed by atoms with Crippen LogP contribution in [-0.4, -0.2) is 43.9 Å². The van der Waals surface area contributed by atoms with Gasteiger partial charge >= 0.3 is 0 Å². The van der Waals surface area contributed by atoms with Gasteiger partial charge in [-0.2, -0.15) is 0 Å². The van der Waals surface area contributed by atoms with E-state index in [1.54, 1.807) is 37.6 Å². The molecule has 134 valence electrons. The number of amides is 2. The van der Waals surface area contributed by atoms with Crippen LogP contribution in [0, 0.1) is 0 Å². The Labute approximate surface area is 156 Å². The van der Waals surface area contributed by atoms with E-state index in [9.17, 15) is 9.59 Å². The molecule has 8 heteroatoms. The molecule has 1 aromatic carbocycles. The minimum atomic E-state index is -0.366. The summed E-state index contributed by atoms with van der Waals surface area (Å²) in [6.07, 6.45) is 1.60. The first-order chi connectivity index (χ1) is 11.9. The highest BCUT2D eigenvalue weighted by molar-refractivity contribution is 6.39. The maximum atomic E-state index is 12.2. The molecule has 0 bridgehead atoms. The fraction of sp³-hybridized carbons (Fsp3) is 0.294. The molecule has 0 saturated heterocycles. The lowest BCUT2D eigenvalue weighted by Crippen LogP contribution is -3.08. The Bertz CT molecular complexity index is 714. The van der Waals surface area contributed by atoms with Crippen molar-refractivity contribution >= 4 is 40.7 Å². The average Bonchev–Trinajstić information content (AvgIpc) is 3.03. The number of carbonyl (C=O) groups excluding carboxylic acids is 2. The zero-order valence-corrected chi connectivity index (χ0v) is 15.5. The highest BCUT2D eigenvalue weighted by Crippen LogP contribution is 2.29. The summed E-state index contributed by atoms with van der Waals surface area (Å²) in [5.74, 6) is 0.290. The van der Waals surface area contributed by atoms with Gasteiger partial charge in [-0.1, -0.05) is 29.3 Å². The fourth-order valence-electron chi connectivity index (χ4n) is 2.27. The van der Waals surface area contributed by atoms with Crippen molar-refractivity contribution in [2.45, 2.75) is 6.54 Å². The highest BCUT2D eigenvalue weighted by atomic mass is 35.5. The van der Waals surface area contributed by atoms with Gasteiger partial charge in [0.2, 0.25) is 5.91 Å². The van der Waals surface area contributed by atoms with Crippen LogP contribution in [0.15, 0.2) is 41.0 Å². The van der Waals surface area contributed by atoms with E-state index in [4.69, 9.17) is 27.6 Å². The lowest BCUT2D eigenvalue weighted by molar-refractivity contribution is -0.886. The molecule has 25 heavy (non-hydrogen) atoms. The van der Waals surface area contributed by atoms with Crippen molar-refractivity contribution in [1.29, 1.82) is 0 Å². The summed E-state index contributed by atoms with van der Waals surface area (Å²) in [6.45, 7) is 0.750. The number of halogens is 2. The van der Waals surface area contributed by atoms with Gasteiger partial charge in [0.15, 0.2) is 12.3 Å². The predicted octanol–water partition coefficient (Wildman–Crippen LogP) is 1.70. The van der Waals surface area contributed by atoms with Crippen molar-refractivity contribution in [3.05, 3.63) is 52.4 Å². The monoisotopic (exact) mass is 384 g/mol. The number of likely N-dealkylation sites (N-methyl/N-ethyl adjacent to an activating group) is 2. The van der Waals surface area contributed by atoms with Gasteiger partial charge in [-0.25, -0.2) is 0 Å². The maximum absolute atomic E-state index is 12.2. The molecular formula is C17H20Cl2N3O3+. The number of para-hydroxylation sites is 1. The summed E-state index contributed by atoms with van der Waals surface area (Å²) in [4.78, 5) is 26.7. The molecule has 1 atom stereocenters. The first-order valence-corrected chi connectivity index (χ1v) is 8.44. The van der Waals surface area contributed by atoms with Crippen molar-refractivity contribution in [3.63, 3.8) is 0 Å². The number of benzene rings is 1. The summed E-state index contributed by atoms with van der Waals surface area (Å²) in [5, 5.41) is 3.33. The van der Waals surface area contributed by atoms with Gasteiger partial charge < -0.3 is 19.5 Å². The minimum Gasteiger partial charge on any atom is -0.463 e. The van der Waals surface area contributed by atoms with E-state index in [0.717, 1.165) is 10.7 Å². The SMILES string of the molecule is CN(CC(=O)Nc1c(Cl)cccc1Cl)C(=O)C[NH+](C)Cc1ccco1. The van der Waals surface area contributed by atoms with Gasteiger partial charge in [0, 0.05) is 7.05 Å². The molecule has 0 aliphatic carbocycles. The number of anilines is 1. The Kier molecular flexibility index (Phi) is 6.87. The molecule has 0 saturated carbocycles. The third-order valence-electron chi connectivity index (χ3n) is 3.54. The van der Waals surface area contributed by atoms with Crippen LogP contribution in [0.3, 0.4) is 0 Å². The van der Waals surface area contributed by atoms with Crippen LogP contribution in [-0.2, 0) is 16.1 Å². The number of furan rings is 1. The van der Waals surface area contributed by atoms with Crippen molar-refractivity contribution < 1.29 is 18.9 Å². The van der Waals surface area contributed by atoms with E-state index >= 15 is 0 Å². The lowest BCUT2D eigenvalue weighted by atomic mass is 10.3. The van der Waals surface area contributed by atoms with E-state index in [0.29, 0.717) is 22.3 Å². The summed E-state index contributed by atoms with van der Waals surface area (Å²) in [6, 6.07) is 8.61. The Morgan fingerprint density at radius 1 is 1.20 bits per heavy atom. The molecule has 1 aromatic heterocycles. The van der Waals surface area contributed by atoms with Gasteiger partial charge in [-0.15, -0.1) is 0 Å². The fourth-order valence-corrected chi connectivity index (χ4v) is 2.76. The number of hydrogen-bond donors (Lipinski definition) is 2. The van der Waals surface area contributed by atoms with Gasteiger partial charge in [-0.05, 0) is 24.3 Å². The van der Waals surface area contributed by atoms with Crippen LogP contribution < -0.4 is 10.2 Å². The Hall–Kier alpha value is -2.02. The highest BCUT2D eigenvalue weighted by Gasteiger charge is 2.19. The standard InChI is InChI=1S/C17H19Cl2N3O3/c1-21(9-12-5-4-8-25-12)11-16(24)22(2)10-15(23)20-17-13(18)6-3-7-14(17)19/h3-8H,9-11H2,1-2H3,(H,20,23)/p+1. The zero-order chi connectivity index (χ0) is 18.4. The van der Waals surface area contributed by atoms with E-state index in [1.807, 2.05) is 13.1 Å². The second kappa shape index (κ2) is 8.89. The first-order valence-electron chi connectivity index (χ1n) is 7.68. The smallest absolute Gasteiger partial charge is 0.277 e. The zero-order valence-electron chi connectivity index (χ0n) is 14.0. The van der Waals surface area contributed by atoms with E-state index in [-0.39, 0.29) is 24.9 Å². The van der Waals surface area contributed by atoms with Crippen molar-refractivity contribution in [2.75, 3.05) is 32.5 Å². The Balaban J connectivity index is 1.84. The molecule has 0 aliphatic heterocycles. The topological polar surface area (TPSA) is 67.0 Å². The number of rotatable bonds is 7. The summed E-state index contributed by atoms with van der Waals surface area (Å²) in [5.41, 5.74) is 0.345. The molecule has 2 rings (SSSR count). The van der Waals surface area contributed by atoms with Crippen LogP contribution in [0.2, 0.25) is 10.0 Å². The summed E-state index contributed by atoms with van der Waals surface area (Å²) < 4.78 is 5.26. The van der Waals surface area contributed by atoms with Crippen molar-refractivity contribution in [2.24, 2.45) is 0 Å². The molecule has 2 aromatic rings. The van der Waals surface area contributed by atoms with Crippen LogP contribution in [0.4, 0.5) is 5.69 Å². The average molecular weight is 385 g/mol. The summed E-state index contributed by atoms with van der Waals surface area (Å²) >= 11 is 12.0. The molecule has 0 radical (unpaired) electrons. The van der Waals surface area contributed by atoms with Crippen LogP contribution in [0.1, 0.15) is 5.76 Å². The minimum absolute atomic E-state index is 0.0889. The van der Waals surface area contributed by atoms with Gasteiger partial charge in [0.05, 0.1) is 35.6 Å².